The number of anilines is 1. The fourth-order valence-corrected chi connectivity index (χ4v) is 2.75. The van der Waals surface area contributed by atoms with Crippen molar-refractivity contribution in [1.82, 2.24) is 0 Å². The number of hydrogen-bond acceptors (Lipinski definition) is 3. The second-order valence-corrected chi connectivity index (χ2v) is 5.74. The number of benzene rings is 3. The zero-order valence-electron chi connectivity index (χ0n) is 13.3. The van der Waals surface area contributed by atoms with Crippen LogP contribution in [0.1, 0.15) is 17.0 Å². The van der Waals surface area contributed by atoms with Crippen molar-refractivity contribution in [3.63, 3.8) is 0 Å². The smallest absolute Gasteiger partial charge is 0.233 e. The molecule has 122 valence electrons. The predicted octanol–water partition coefficient (Wildman–Crippen LogP) is 3.01. The summed E-state index contributed by atoms with van der Waals surface area (Å²) in [6, 6.07) is 21.1. The molecule has 3 aromatic carbocycles. The first kappa shape index (κ1) is 16.2. The molecule has 4 nitrogen and oxygen atoms in total. The summed E-state index contributed by atoms with van der Waals surface area (Å²) < 4.78 is 0. The highest BCUT2D eigenvalue weighted by atomic mass is 16.3. The van der Waals surface area contributed by atoms with Crippen LogP contribution in [-0.4, -0.2) is 17.6 Å². The predicted molar refractivity (Wildman–Crippen MR) is 96.7 cm³/mol. The van der Waals surface area contributed by atoms with Crippen LogP contribution < -0.4 is 11.1 Å². The largest absolute Gasteiger partial charge is 0.392 e. The maximum absolute atomic E-state index is 12.6. The van der Waals surface area contributed by atoms with E-state index in [9.17, 15) is 4.79 Å². The van der Waals surface area contributed by atoms with Gasteiger partial charge in [-0.2, -0.15) is 0 Å². The third-order valence-electron chi connectivity index (χ3n) is 4.13. The average Bonchev–Trinajstić information content (AvgIpc) is 2.63. The number of fused-ring (bicyclic) bond motifs is 1. The van der Waals surface area contributed by atoms with E-state index in [1.807, 2.05) is 54.6 Å². The van der Waals surface area contributed by atoms with Crippen molar-refractivity contribution in [2.45, 2.75) is 12.5 Å². The molecule has 0 radical (unpaired) electrons. The van der Waals surface area contributed by atoms with Gasteiger partial charge in [-0.1, -0.05) is 54.6 Å². The summed E-state index contributed by atoms with van der Waals surface area (Å²) >= 11 is 0. The first-order valence-electron chi connectivity index (χ1n) is 7.90. The van der Waals surface area contributed by atoms with E-state index in [1.165, 1.54) is 0 Å². The van der Waals surface area contributed by atoms with Crippen molar-refractivity contribution in [3.8, 4) is 0 Å². The maximum atomic E-state index is 12.6. The molecule has 24 heavy (non-hydrogen) atoms. The van der Waals surface area contributed by atoms with E-state index in [0.717, 1.165) is 27.6 Å². The zero-order chi connectivity index (χ0) is 16.9. The number of carbonyl (C=O) groups is 1. The molecule has 1 amide bonds. The van der Waals surface area contributed by atoms with Crippen LogP contribution in [0.3, 0.4) is 0 Å². The zero-order valence-corrected chi connectivity index (χ0v) is 13.3. The molecule has 0 aliphatic rings. The van der Waals surface area contributed by atoms with Gasteiger partial charge >= 0.3 is 0 Å². The number of nitrogens with one attached hydrogen (secondary N) is 1. The normalized spacial score (nSPS) is 12.1. The van der Waals surface area contributed by atoms with Crippen molar-refractivity contribution in [1.29, 1.82) is 0 Å². The lowest BCUT2D eigenvalue weighted by atomic mass is 9.97. The lowest BCUT2D eigenvalue weighted by Gasteiger charge is -2.16. The van der Waals surface area contributed by atoms with E-state index in [0.29, 0.717) is 0 Å². The standard InChI is InChI=1S/C20H20N2O2/c21-12-19(16-7-5-14(13-23)6-8-16)20(24)22-18-10-9-15-3-1-2-4-17(15)11-18/h1-11,19,23H,12-13,21H2,(H,22,24)/t19-/m0/s1. The minimum Gasteiger partial charge on any atom is -0.392 e. The Morgan fingerprint density at radius 2 is 1.71 bits per heavy atom. The number of amides is 1. The Morgan fingerprint density at radius 3 is 2.38 bits per heavy atom. The second kappa shape index (κ2) is 7.25. The molecule has 0 fully saturated rings. The number of hydrogen-bond donors (Lipinski definition) is 3. The van der Waals surface area contributed by atoms with Crippen LogP contribution in [0.15, 0.2) is 66.7 Å². The van der Waals surface area contributed by atoms with E-state index in [-0.39, 0.29) is 19.1 Å². The Labute approximate surface area is 140 Å². The van der Waals surface area contributed by atoms with Crippen LogP contribution >= 0.6 is 0 Å². The van der Waals surface area contributed by atoms with E-state index >= 15 is 0 Å². The number of carbonyl (C=O) groups excluding carboxylic acids is 1. The van der Waals surface area contributed by atoms with Gasteiger partial charge < -0.3 is 16.2 Å². The molecule has 0 unspecified atom stereocenters. The van der Waals surface area contributed by atoms with E-state index in [4.69, 9.17) is 10.8 Å². The van der Waals surface area contributed by atoms with Crippen molar-refractivity contribution < 1.29 is 9.90 Å². The van der Waals surface area contributed by atoms with Gasteiger partial charge in [0.25, 0.3) is 0 Å². The first-order chi connectivity index (χ1) is 11.7. The van der Waals surface area contributed by atoms with Crippen LogP contribution in [0.4, 0.5) is 5.69 Å². The van der Waals surface area contributed by atoms with Gasteiger partial charge in [0.1, 0.15) is 0 Å². The van der Waals surface area contributed by atoms with E-state index < -0.39 is 5.92 Å². The first-order valence-corrected chi connectivity index (χ1v) is 7.90. The van der Waals surface area contributed by atoms with Gasteiger partial charge in [0.05, 0.1) is 12.5 Å². The highest BCUT2D eigenvalue weighted by Crippen LogP contribution is 2.22. The molecule has 1 atom stereocenters. The van der Waals surface area contributed by atoms with Crippen LogP contribution in [0.2, 0.25) is 0 Å². The Bertz CT molecular complexity index is 844. The summed E-state index contributed by atoms with van der Waals surface area (Å²) in [6.45, 7) is 0.203. The molecule has 3 aromatic rings. The van der Waals surface area contributed by atoms with Crippen LogP contribution in [0, 0.1) is 0 Å². The third-order valence-corrected chi connectivity index (χ3v) is 4.13. The minimum absolute atomic E-state index is 0.0170. The van der Waals surface area contributed by atoms with Crippen LogP contribution in [-0.2, 0) is 11.4 Å². The molecule has 0 aromatic heterocycles. The molecule has 0 aliphatic carbocycles. The van der Waals surface area contributed by atoms with Gasteiger partial charge in [0.2, 0.25) is 5.91 Å². The molecular formula is C20H20N2O2. The van der Waals surface area contributed by atoms with Crippen LogP contribution in [0.5, 0.6) is 0 Å². The van der Waals surface area contributed by atoms with Gasteiger partial charge in [-0.05, 0) is 34.0 Å². The Kier molecular flexibility index (Phi) is 4.89. The lowest BCUT2D eigenvalue weighted by Crippen LogP contribution is -2.27. The topological polar surface area (TPSA) is 75.4 Å². The summed E-state index contributed by atoms with van der Waals surface area (Å²) in [5, 5.41) is 14.3. The quantitative estimate of drug-likeness (QED) is 0.676. The SMILES string of the molecule is NC[C@H](C(=O)Nc1ccc2ccccc2c1)c1ccc(CO)cc1. The van der Waals surface area contributed by atoms with E-state index in [2.05, 4.69) is 5.32 Å². The fourth-order valence-electron chi connectivity index (χ4n) is 2.75. The van der Waals surface area contributed by atoms with Gasteiger partial charge in [-0.3, -0.25) is 4.79 Å². The van der Waals surface area contributed by atoms with Crippen molar-refractivity contribution >= 4 is 22.4 Å². The maximum Gasteiger partial charge on any atom is 0.233 e. The molecule has 4 heteroatoms. The van der Waals surface area contributed by atoms with Gasteiger partial charge in [0, 0.05) is 12.2 Å². The van der Waals surface area contributed by atoms with Gasteiger partial charge in [-0.15, -0.1) is 0 Å². The lowest BCUT2D eigenvalue weighted by molar-refractivity contribution is -0.117. The molecule has 0 saturated carbocycles. The Balaban J connectivity index is 1.79. The summed E-state index contributed by atoms with van der Waals surface area (Å²) in [5.74, 6) is -0.561. The third kappa shape index (κ3) is 3.45. The number of nitrogens with two attached hydrogens (primary N) is 1. The van der Waals surface area contributed by atoms with Gasteiger partial charge in [-0.25, -0.2) is 0 Å². The molecule has 0 bridgehead atoms. The van der Waals surface area contributed by atoms with E-state index in [1.54, 1.807) is 12.1 Å². The molecule has 0 spiro atoms. The molecular weight excluding hydrogens is 300 g/mol. The highest BCUT2D eigenvalue weighted by Gasteiger charge is 2.19. The summed E-state index contributed by atoms with van der Waals surface area (Å²) in [6.07, 6.45) is 0. The minimum atomic E-state index is -0.427. The Morgan fingerprint density at radius 1 is 1.00 bits per heavy atom. The summed E-state index contributed by atoms with van der Waals surface area (Å²) in [5.41, 5.74) is 8.21. The second-order valence-electron chi connectivity index (χ2n) is 5.74. The van der Waals surface area contributed by atoms with Crippen molar-refractivity contribution in [3.05, 3.63) is 77.9 Å². The van der Waals surface area contributed by atoms with Crippen molar-refractivity contribution in [2.75, 3.05) is 11.9 Å². The molecule has 0 saturated heterocycles. The highest BCUT2D eigenvalue weighted by molar-refractivity contribution is 5.98. The summed E-state index contributed by atoms with van der Waals surface area (Å²) in [4.78, 5) is 12.6. The number of aliphatic hydroxyl groups is 1. The number of aliphatic hydroxyl groups excluding tert-OH is 1. The molecule has 3 rings (SSSR count). The van der Waals surface area contributed by atoms with Crippen LogP contribution in [0.25, 0.3) is 10.8 Å². The Hall–Kier alpha value is -2.69. The summed E-state index contributed by atoms with van der Waals surface area (Å²) in [7, 11) is 0. The van der Waals surface area contributed by atoms with Gasteiger partial charge in [0.15, 0.2) is 0 Å². The monoisotopic (exact) mass is 320 g/mol. The molecule has 0 aliphatic heterocycles. The fraction of sp³-hybridized carbons (Fsp3) is 0.150. The van der Waals surface area contributed by atoms with Crippen molar-refractivity contribution in [2.24, 2.45) is 5.73 Å². The number of rotatable bonds is 5. The molecule has 0 heterocycles. The average molecular weight is 320 g/mol. The molecule has 4 N–H and O–H groups in total.